The van der Waals surface area contributed by atoms with E-state index < -0.39 is 23.4 Å². The van der Waals surface area contributed by atoms with Crippen LogP contribution in [0.5, 0.6) is 0 Å². The molecule has 0 spiro atoms. The van der Waals surface area contributed by atoms with Crippen LogP contribution in [-0.2, 0) is 19.1 Å². The first-order valence-corrected chi connectivity index (χ1v) is 7.53. The molecular weight excluding hydrogens is 288 g/mol. The van der Waals surface area contributed by atoms with Crippen molar-refractivity contribution in [3.05, 3.63) is 24.3 Å². The molecule has 0 aromatic rings. The first-order valence-electron chi connectivity index (χ1n) is 7.53. The zero-order valence-corrected chi connectivity index (χ0v) is 12.2. The molecule has 0 saturated carbocycles. The molecular formula is C16H20O6. The van der Waals surface area contributed by atoms with Crippen molar-refractivity contribution in [3.8, 4) is 0 Å². The second kappa shape index (κ2) is 5.70. The molecule has 1 heterocycles. The average molecular weight is 308 g/mol. The summed E-state index contributed by atoms with van der Waals surface area (Å²) in [4.78, 5) is 23.1. The van der Waals surface area contributed by atoms with E-state index in [1.807, 2.05) is 0 Å². The van der Waals surface area contributed by atoms with Gasteiger partial charge in [-0.2, -0.15) is 0 Å². The number of ether oxygens (including phenoxy) is 2. The van der Waals surface area contributed by atoms with Crippen molar-refractivity contribution in [2.24, 2.45) is 0 Å². The molecule has 2 unspecified atom stereocenters. The lowest BCUT2D eigenvalue weighted by atomic mass is 9.82. The summed E-state index contributed by atoms with van der Waals surface area (Å²) in [5.74, 6) is -0.181. The number of carbonyl (C=O) groups is 2. The minimum Gasteiger partial charge on any atom is -0.383 e. The Hall–Kier alpha value is -1.34. The monoisotopic (exact) mass is 308 g/mol. The quantitative estimate of drug-likeness (QED) is 0.658. The van der Waals surface area contributed by atoms with E-state index in [1.54, 1.807) is 0 Å². The minimum absolute atomic E-state index is 0.0904. The Balaban J connectivity index is 1.80. The van der Waals surface area contributed by atoms with Gasteiger partial charge < -0.3 is 19.7 Å². The van der Waals surface area contributed by atoms with Crippen molar-refractivity contribution in [1.29, 1.82) is 0 Å². The number of ketones is 2. The Kier molecular flexibility index (Phi) is 4.03. The third-order valence-corrected chi connectivity index (χ3v) is 4.65. The maximum absolute atomic E-state index is 11.5. The van der Waals surface area contributed by atoms with E-state index >= 15 is 0 Å². The average Bonchev–Trinajstić information content (AvgIpc) is 2.47. The van der Waals surface area contributed by atoms with Gasteiger partial charge >= 0.3 is 0 Å². The Bertz CT molecular complexity index is 491. The molecule has 0 aromatic carbocycles. The maximum Gasteiger partial charge on any atom is 0.158 e. The molecule has 1 aliphatic heterocycles. The van der Waals surface area contributed by atoms with Crippen molar-refractivity contribution >= 4 is 11.6 Å². The van der Waals surface area contributed by atoms with E-state index in [0.717, 1.165) is 0 Å². The van der Waals surface area contributed by atoms with Crippen LogP contribution in [0.1, 0.15) is 25.7 Å². The van der Waals surface area contributed by atoms with E-state index in [2.05, 4.69) is 0 Å². The summed E-state index contributed by atoms with van der Waals surface area (Å²) < 4.78 is 11.4. The second-order valence-electron chi connectivity index (χ2n) is 6.21. The van der Waals surface area contributed by atoms with Crippen LogP contribution in [0.15, 0.2) is 24.3 Å². The largest absolute Gasteiger partial charge is 0.383 e. The summed E-state index contributed by atoms with van der Waals surface area (Å²) in [5.41, 5.74) is -2.50. The third kappa shape index (κ3) is 2.92. The van der Waals surface area contributed by atoms with Gasteiger partial charge in [0.2, 0.25) is 0 Å². The normalized spacial score (nSPS) is 42.6. The number of rotatable bonds is 0. The van der Waals surface area contributed by atoms with Crippen molar-refractivity contribution in [2.75, 3.05) is 13.2 Å². The lowest BCUT2D eigenvalue weighted by Gasteiger charge is -2.41. The first-order chi connectivity index (χ1) is 10.4. The van der Waals surface area contributed by atoms with Gasteiger partial charge in [0.05, 0.1) is 25.4 Å². The molecule has 22 heavy (non-hydrogen) atoms. The summed E-state index contributed by atoms with van der Waals surface area (Å²) >= 11 is 0. The standard InChI is InChI=1S/C16H20O6/c17-11-1-3-15(19)5-7-22-14-10-12(18)2-4-16(14,20)6-8-21-13(15)9-11/h1-4,13-14,19-20H,5-10H2/t13-,14?,15+,16?/m1/s1. The van der Waals surface area contributed by atoms with Gasteiger partial charge in [-0.15, -0.1) is 0 Å². The Labute approximate surface area is 128 Å². The first kappa shape index (κ1) is 15.6. The SMILES string of the molecule is O=C1C=CC2(O)CCO[C@@H]3CC(=O)C=C[C@]3(O)CCOC2C1. The zero-order valence-electron chi connectivity index (χ0n) is 12.2. The van der Waals surface area contributed by atoms with Gasteiger partial charge in [-0.3, -0.25) is 9.59 Å². The van der Waals surface area contributed by atoms with Crippen LogP contribution in [0.3, 0.4) is 0 Å². The number of aliphatic hydroxyl groups is 2. The predicted molar refractivity (Wildman–Crippen MR) is 76.1 cm³/mol. The lowest BCUT2D eigenvalue weighted by Crippen LogP contribution is -2.52. The highest BCUT2D eigenvalue weighted by Crippen LogP contribution is 2.33. The summed E-state index contributed by atoms with van der Waals surface area (Å²) in [5, 5.41) is 21.3. The molecule has 4 atom stereocenters. The van der Waals surface area contributed by atoms with Gasteiger partial charge in [0.15, 0.2) is 11.6 Å². The summed E-state index contributed by atoms with van der Waals surface area (Å²) in [6.45, 7) is 0.339. The number of hydrogen-bond acceptors (Lipinski definition) is 6. The maximum atomic E-state index is 11.5. The molecule has 120 valence electrons. The van der Waals surface area contributed by atoms with Crippen LogP contribution < -0.4 is 0 Å². The van der Waals surface area contributed by atoms with E-state index in [1.165, 1.54) is 24.3 Å². The summed E-state index contributed by atoms with van der Waals surface area (Å²) in [6.07, 6.45) is 5.11. The molecule has 0 aromatic heterocycles. The second-order valence-corrected chi connectivity index (χ2v) is 6.21. The smallest absolute Gasteiger partial charge is 0.158 e. The molecule has 6 heteroatoms. The highest BCUT2D eigenvalue weighted by Gasteiger charge is 2.44. The highest BCUT2D eigenvalue weighted by molar-refractivity contribution is 5.92. The van der Waals surface area contributed by atoms with E-state index in [-0.39, 0.29) is 50.5 Å². The number of carbonyl (C=O) groups excluding carboxylic acids is 2. The molecule has 0 bridgehead atoms. The molecule has 0 radical (unpaired) electrons. The highest BCUT2D eigenvalue weighted by atomic mass is 16.5. The van der Waals surface area contributed by atoms with Gasteiger partial charge in [0.1, 0.15) is 11.2 Å². The zero-order chi connectivity index (χ0) is 15.8. The topological polar surface area (TPSA) is 93.1 Å². The van der Waals surface area contributed by atoms with Gasteiger partial charge in [0.25, 0.3) is 0 Å². The van der Waals surface area contributed by atoms with Crippen LogP contribution in [-0.4, -0.2) is 58.4 Å². The fourth-order valence-corrected chi connectivity index (χ4v) is 3.17. The van der Waals surface area contributed by atoms with Crippen LogP contribution in [0, 0.1) is 0 Å². The van der Waals surface area contributed by atoms with Crippen LogP contribution in [0.25, 0.3) is 0 Å². The summed E-state index contributed by atoms with van der Waals surface area (Å²) in [6, 6.07) is 0. The molecule has 1 saturated heterocycles. The van der Waals surface area contributed by atoms with E-state index in [9.17, 15) is 19.8 Å². The molecule has 6 nitrogen and oxygen atoms in total. The summed E-state index contributed by atoms with van der Waals surface area (Å²) in [7, 11) is 0. The molecule has 0 amide bonds. The fourth-order valence-electron chi connectivity index (χ4n) is 3.17. The van der Waals surface area contributed by atoms with Crippen molar-refractivity contribution < 1.29 is 29.3 Å². The van der Waals surface area contributed by atoms with Gasteiger partial charge in [0, 0.05) is 25.7 Å². The minimum atomic E-state index is -1.25. The Morgan fingerprint density at radius 1 is 0.864 bits per heavy atom. The molecule has 3 aliphatic rings. The fraction of sp³-hybridized carbons (Fsp3) is 0.625. The molecule has 3 rings (SSSR count). The number of fused-ring (bicyclic) bond motifs is 2. The Morgan fingerprint density at radius 3 is 1.68 bits per heavy atom. The van der Waals surface area contributed by atoms with Gasteiger partial charge in [-0.1, -0.05) is 0 Å². The molecule has 1 fully saturated rings. The molecule has 2 N–H and O–H groups in total. The van der Waals surface area contributed by atoms with E-state index in [4.69, 9.17) is 9.47 Å². The van der Waals surface area contributed by atoms with E-state index in [0.29, 0.717) is 0 Å². The van der Waals surface area contributed by atoms with Crippen LogP contribution in [0.4, 0.5) is 0 Å². The predicted octanol–water partition coefficient (Wildman–Crippen LogP) is 0.0708. The Morgan fingerprint density at radius 2 is 1.27 bits per heavy atom. The van der Waals surface area contributed by atoms with Crippen LogP contribution >= 0.6 is 0 Å². The van der Waals surface area contributed by atoms with Crippen LogP contribution in [0.2, 0.25) is 0 Å². The lowest BCUT2D eigenvalue weighted by molar-refractivity contribution is -0.160. The number of hydrogen-bond donors (Lipinski definition) is 2. The van der Waals surface area contributed by atoms with Gasteiger partial charge in [-0.05, 0) is 24.3 Å². The van der Waals surface area contributed by atoms with Gasteiger partial charge in [-0.25, -0.2) is 0 Å². The van der Waals surface area contributed by atoms with Crippen molar-refractivity contribution in [2.45, 2.75) is 49.1 Å². The van der Waals surface area contributed by atoms with Crippen molar-refractivity contribution in [3.63, 3.8) is 0 Å². The van der Waals surface area contributed by atoms with Crippen molar-refractivity contribution in [1.82, 2.24) is 0 Å². The molecule has 2 aliphatic carbocycles. The third-order valence-electron chi connectivity index (χ3n) is 4.65. The number of allylic oxidation sites excluding steroid dienone is 2.